The Morgan fingerprint density at radius 3 is 2.81 bits per heavy atom. The summed E-state index contributed by atoms with van der Waals surface area (Å²) in [6.07, 6.45) is 4.87. The number of hydrogen-bond donors (Lipinski definition) is 1. The number of carbonyl (C=O) groups is 1. The van der Waals surface area contributed by atoms with E-state index in [1.54, 1.807) is 35.6 Å². The Labute approximate surface area is 250 Å². The molecule has 4 aromatic rings. The second kappa shape index (κ2) is 10.3. The number of hydrogen-bond acceptors (Lipinski definition) is 8. The van der Waals surface area contributed by atoms with Crippen molar-refractivity contribution in [3.63, 3.8) is 0 Å². The second-order valence-corrected chi connectivity index (χ2v) is 13.3. The van der Waals surface area contributed by atoms with Gasteiger partial charge in [-0.3, -0.25) is 0 Å². The highest BCUT2D eigenvalue weighted by molar-refractivity contribution is 7.22. The van der Waals surface area contributed by atoms with Crippen molar-refractivity contribution in [2.45, 2.75) is 62.7 Å². The molecule has 4 aliphatic rings. The van der Waals surface area contributed by atoms with E-state index in [2.05, 4.69) is 10.1 Å². The zero-order valence-electron chi connectivity index (χ0n) is 22.7. The first-order chi connectivity index (χ1) is 20.4. The zero-order valence-corrected chi connectivity index (χ0v) is 24.3. The largest absolute Gasteiger partial charge is 0.478 e. The fourth-order valence-electron chi connectivity index (χ4n) is 6.96. The predicted molar refractivity (Wildman–Crippen MR) is 156 cm³/mol. The predicted octanol–water partition coefficient (Wildman–Crippen LogP) is 7.01. The summed E-state index contributed by atoms with van der Waals surface area (Å²) in [4.78, 5) is 19.3. The molecule has 2 aromatic heterocycles. The number of aromatic carboxylic acids is 1. The average molecular weight is 610 g/mol. The molecule has 218 valence electrons. The number of piperidine rings is 1. The Morgan fingerprint density at radius 2 is 2.10 bits per heavy atom. The van der Waals surface area contributed by atoms with Gasteiger partial charge in [0, 0.05) is 42.5 Å². The van der Waals surface area contributed by atoms with E-state index in [1.165, 1.54) is 6.07 Å². The Morgan fingerprint density at radius 1 is 1.21 bits per heavy atom. The lowest BCUT2D eigenvalue weighted by molar-refractivity contribution is 0.0122. The van der Waals surface area contributed by atoms with Gasteiger partial charge in [0.05, 0.1) is 45.7 Å². The van der Waals surface area contributed by atoms with Gasteiger partial charge in [0.15, 0.2) is 5.13 Å². The fourth-order valence-corrected chi connectivity index (χ4v) is 8.34. The minimum absolute atomic E-state index is 0.0661. The maximum atomic E-state index is 14.8. The van der Waals surface area contributed by atoms with Crippen LogP contribution in [0.2, 0.25) is 5.02 Å². The quantitative estimate of drug-likeness (QED) is 0.228. The van der Waals surface area contributed by atoms with Crippen molar-refractivity contribution < 1.29 is 28.3 Å². The number of thiazole rings is 1. The SMILES string of the molecule is O=C(O)c1cc([C@@H]2CCOC2)c2nc(N3C[C@@H]4C[C@H]3C[C@H]4OCc3c(-c4c(F)cccc4Cl)noc3C3CC3)sc2c1. The van der Waals surface area contributed by atoms with Crippen LogP contribution in [0.1, 0.15) is 71.2 Å². The molecule has 0 radical (unpaired) electrons. The molecule has 0 amide bonds. The Bertz CT molecular complexity index is 1680. The number of aromatic nitrogens is 2. The minimum atomic E-state index is -0.926. The molecule has 2 aliphatic carbocycles. The lowest BCUT2D eigenvalue weighted by atomic mass is 9.95. The van der Waals surface area contributed by atoms with Crippen molar-refractivity contribution in [2.75, 3.05) is 24.7 Å². The molecule has 2 saturated carbocycles. The minimum Gasteiger partial charge on any atom is -0.478 e. The van der Waals surface area contributed by atoms with E-state index in [-0.39, 0.29) is 17.6 Å². The zero-order chi connectivity index (χ0) is 28.5. The van der Waals surface area contributed by atoms with Gasteiger partial charge < -0.3 is 24.0 Å². The Kier molecular flexibility index (Phi) is 6.51. The van der Waals surface area contributed by atoms with Crippen molar-refractivity contribution in [2.24, 2.45) is 5.92 Å². The van der Waals surface area contributed by atoms with Crippen LogP contribution in [-0.2, 0) is 16.1 Å². The molecule has 0 spiro atoms. The number of carboxylic acid groups (broad SMARTS) is 1. The highest BCUT2D eigenvalue weighted by atomic mass is 35.5. The first-order valence-corrected chi connectivity index (χ1v) is 15.7. The molecule has 4 fully saturated rings. The first-order valence-electron chi connectivity index (χ1n) is 14.5. The Balaban J connectivity index is 1.02. The summed E-state index contributed by atoms with van der Waals surface area (Å²) in [5.74, 6) is 0.232. The first kappa shape index (κ1) is 26.6. The molecule has 4 heterocycles. The van der Waals surface area contributed by atoms with E-state index < -0.39 is 11.8 Å². The second-order valence-electron chi connectivity index (χ2n) is 11.9. The van der Waals surface area contributed by atoms with Crippen molar-refractivity contribution in [1.29, 1.82) is 0 Å². The third kappa shape index (κ3) is 4.51. The van der Waals surface area contributed by atoms with Crippen LogP contribution in [0.15, 0.2) is 34.9 Å². The molecule has 2 aromatic carbocycles. The molecule has 42 heavy (non-hydrogen) atoms. The molecule has 2 saturated heterocycles. The number of carboxylic acids is 1. The summed E-state index contributed by atoms with van der Waals surface area (Å²) in [5, 5.41) is 15.2. The number of benzene rings is 2. The lowest BCUT2D eigenvalue weighted by Gasteiger charge is -2.31. The third-order valence-electron chi connectivity index (χ3n) is 9.26. The van der Waals surface area contributed by atoms with Crippen LogP contribution < -0.4 is 4.90 Å². The summed E-state index contributed by atoms with van der Waals surface area (Å²) >= 11 is 7.95. The molecular formula is C31H29ClFN3O5S. The molecular weight excluding hydrogens is 581 g/mol. The molecule has 1 N–H and O–H groups in total. The van der Waals surface area contributed by atoms with E-state index in [0.717, 1.165) is 70.9 Å². The maximum absolute atomic E-state index is 14.8. The summed E-state index contributed by atoms with van der Waals surface area (Å²) in [7, 11) is 0. The third-order valence-corrected chi connectivity index (χ3v) is 10.6. The van der Waals surface area contributed by atoms with Gasteiger partial charge in [-0.15, -0.1) is 0 Å². The van der Waals surface area contributed by atoms with Gasteiger partial charge in [-0.05, 0) is 61.9 Å². The van der Waals surface area contributed by atoms with Gasteiger partial charge in [-0.25, -0.2) is 14.2 Å². The van der Waals surface area contributed by atoms with Crippen LogP contribution in [0.5, 0.6) is 0 Å². The van der Waals surface area contributed by atoms with E-state index in [4.69, 9.17) is 30.6 Å². The Hall–Kier alpha value is -3.05. The van der Waals surface area contributed by atoms with Crippen LogP contribution >= 0.6 is 22.9 Å². The van der Waals surface area contributed by atoms with Gasteiger partial charge in [-0.2, -0.15) is 0 Å². The topological polar surface area (TPSA) is 97.9 Å². The molecule has 8 rings (SSSR count). The van der Waals surface area contributed by atoms with Crippen LogP contribution in [0.25, 0.3) is 21.5 Å². The summed E-state index contributed by atoms with van der Waals surface area (Å²) < 4.78 is 33.6. The van der Waals surface area contributed by atoms with E-state index in [9.17, 15) is 14.3 Å². The van der Waals surface area contributed by atoms with Gasteiger partial charge in [0.1, 0.15) is 17.3 Å². The van der Waals surface area contributed by atoms with Crippen molar-refractivity contribution >= 4 is 44.3 Å². The molecule has 11 heteroatoms. The monoisotopic (exact) mass is 609 g/mol. The summed E-state index contributed by atoms with van der Waals surface area (Å²) in [5.41, 5.74) is 3.66. The van der Waals surface area contributed by atoms with Crippen molar-refractivity contribution in [3.8, 4) is 11.3 Å². The summed E-state index contributed by atoms with van der Waals surface area (Å²) in [6.45, 7) is 2.41. The molecule has 2 aliphatic heterocycles. The molecule has 4 atom stereocenters. The van der Waals surface area contributed by atoms with Crippen LogP contribution in [0.3, 0.4) is 0 Å². The van der Waals surface area contributed by atoms with Crippen LogP contribution in [-0.4, -0.2) is 53.1 Å². The van der Waals surface area contributed by atoms with Gasteiger partial charge in [0.25, 0.3) is 0 Å². The molecule has 8 nitrogen and oxygen atoms in total. The number of rotatable bonds is 8. The fraction of sp³-hybridized carbons (Fsp3) is 0.452. The highest BCUT2D eigenvalue weighted by Crippen LogP contribution is 2.48. The molecule has 2 bridgehead atoms. The number of halogens is 2. The number of nitrogens with zero attached hydrogens (tertiary/aromatic N) is 3. The number of fused-ring (bicyclic) bond motifs is 3. The van der Waals surface area contributed by atoms with Gasteiger partial charge >= 0.3 is 5.97 Å². The lowest BCUT2D eigenvalue weighted by Crippen LogP contribution is -2.38. The maximum Gasteiger partial charge on any atom is 0.335 e. The smallest absolute Gasteiger partial charge is 0.335 e. The standard InChI is InChI=1S/C31H29ClFN3O5S/c32-22-2-1-3-23(33)26(22)28-21(29(41-35-28)15-4-5-15)14-40-24-11-19-8-18(24)12-36(19)31-34-27-20(16-6-7-39-13-16)9-17(30(37)38)10-25(27)42-31/h1-3,9-10,15-16,18-19,24H,4-8,11-14H2,(H,37,38)/t16-,18+,19+,24-/m1/s1. The number of ether oxygens (including phenoxy) is 2. The van der Waals surface area contributed by atoms with E-state index in [1.807, 2.05) is 0 Å². The van der Waals surface area contributed by atoms with E-state index >= 15 is 0 Å². The number of anilines is 1. The molecule has 0 unspecified atom stereocenters. The van der Waals surface area contributed by atoms with Crippen molar-refractivity contribution in [1.82, 2.24) is 10.1 Å². The van der Waals surface area contributed by atoms with Gasteiger partial charge in [0.2, 0.25) is 0 Å². The van der Waals surface area contributed by atoms with Crippen LogP contribution in [0.4, 0.5) is 9.52 Å². The summed E-state index contributed by atoms with van der Waals surface area (Å²) in [6, 6.07) is 8.45. The normalized spacial score (nSPS) is 25.2. The van der Waals surface area contributed by atoms with Gasteiger partial charge in [-0.1, -0.05) is 34.2 Å². The van der Waals surface area contributed by atoms with Crippen LogP contribution in [0, 0.1) is 11.7 Å². The van der Waals surface area contributed by atoms with Crippen molar-refractivity contribution in [3.05, 3.63) is 63.6 Å². The highest BCUT2D eigenvalue weighted by Gasteiger charge is 2.47. The average Bonchev–Trinajstić information content (AvgIpc) is 3.49. The van der Waals surface area contributed by atoms with E-state index in [0.29, 0.717) is 54.0 Å².